The number of benzene rings is 2. The molecule has 4 aromatic rings. The van der Waals surface area contributed by atoms with Crippen LogP contribution >= 0.6 is 11.6 Å². The smallest absolute Gasteiger partial charge is 0.354 e. The zero-order chi connectivity index (χ0) is 33.2. The van der Waals surface area contributed by atoms with Crippen molar-refractivity contribution in [2.75, 3.05) is 33.3 Å². The molecule has 1 saturated heterocycles. The molecule has 12 nitrogen and oxygen atoms in total. The van der Waals surface area contributed by atoms with Gasteiger partial charge in [-0.25, -0.2) is 14.0 Å². The number of aromatic nitrogens is 3. The first kappa shape index (κ1) is 34.4. The highest BCUT2D eigenvalue weighted by atomic mass is 35.5. The first-order valence-corrected chi connectivity index (χ1v) is 15.5. The third kappa shape index (κ3) is 9.28. The maximum absolute atomic E-state index is 15.0. The summed E-state index contributed by atoms with van der Waals surface area (Å²) < 4.78 is 22.3. The highest BCUT2D eigenvalue weighted by Crippen LogP contribution is 2.31. The first-order chi connectivity index (χ1) is 22.0. The predicted molar refractivity (Wildman–Crippen MR) is 180 cm³/mol. The summed E-state index contributed by atoms with van der Waals surface area (Å²) in [5.74, 6) is -0.395. The number of nitrogens with two attached hydrogens (primary N) is 3. The van der Waals surface area contributed by atoms with Crippen LogP contribution in [0.5, 0.6) is 0 Å². The number of aliphatic imine (C=N–C) groups is 1. The van der Waals surface area contributed by atoms with Gasteiger partial charge in [-0.1, -0.05) is 23.7 Å². The molecule has 46 heavy (non-hydrogen) atoms. The van der Waals surface area contributed by atoms with Crippen molar-refractivity contribution < 1.29 is 13.9 Å². The average molecular weight is 654 g/mol. The Hall–Kier alpha value is -4.46. The van der Waals surface area contributed by atoms with Crippen LogP contribution in [0.15, 0.2) is 58.4 Å². The minimum Gasteiger partial charge on any atom is -0.377 e. The Morgan fingerprint density at radius 3 is 2.54 bits per heavy atom. The van der Waals surface area contributed by atoms with Crippen LogP contribution in [-0.2, 0) is 17.8 Å². The van der Waals surface area contributed by atoms with Crippen molar-refractivity contribution in [3.63, 3.8) is 0 Å². The molecule has 246 valence electrons. The van der Waals surface area contributed by atoms with Crippen LogP contribution < -0.4 is 28.2 Å². The molecule has 0 aliphatic carbocycles. The number of nitrogens with one attached hydrogen (secondary N) is 2. The van der Waals surface area contributed by atoms with Crippen molar-refractivity contribution in [2.45, 2.75) is 45.3 Å². The molecule has 0 radical (unpaired) electrons. The number of aryl methyl sites for hydroxylation is 1. The SMILES string of the molecule is CC(N)CCCc1cc(Cl)c(F)c(-c2cc3cn(-c4ccc(COCCCN5CCNC5=O)cc4)c(=O)nc3[nH]2)c1.CN=C(N)N. The van der Waals surface area contributed by atoms with Gasteiger partial charge in [-0.2, -0.15) is 4.98 Å². The molecule has 1 atom stereocenters. The molecule has 0 bridgehead atoms. The minimum atomic E-state index is -0.524. The van der Waals surface area contributed by atoms with E-state index in [1.807, 2.05) is 31.2 Å². The maximum Gasteiger partial charge on any atom is 0.354 e. The molecule has 3 heterocycles. The number of aromatic amines is 1. The summed E-state index contributed by atoms with van der Waals surface area (Å²) in [6, 6.07) is 12.7. The predicted octanol–water partition coefficient (Wildman–Crippen LogP) is 3.66. The third-order valence-corrected chi connectivity index (χ3v) is 7.69. The Morgan fingerprint density at radius 1 is 1.15 bits per heavy atom. The number of urea groups is 1. The van der Waals surface area contributed by atoms with Crippen molar-refractivity contribution >= 4 is 34.6 Å². The van der Waals surface area contributed by atoms with Crippen LogP contribution in [0.25, 0.3) is 28.0 Å². The minimum absolute atomic E-state index is 0.0195. The lowest BCUT2D eigenvalue weighted by molar-refractivity contribution is 0.112. The van der Waals surface area contributed by atoms with Crippen LogP contribution in [0.4, 0.5) is 9.18 Å². The normalized spacial score (nSPS) is 13.3. The Labute approximate surface area is 271 Å². The zero-order valence-electron chi connectivity index (χ0n) is 26.1. The zero-order valence-corrected chi connectivity index (χ0v) is 26.8. The molecule has 1 fully saturated rings. The lowest BCUT2D eigenvalue weighted by Gasteiger charge is -2.13. The van der Waals surface area contributed by atoms with Crippen molar-refractivity contribution in [3.05, 3.63) is 81.1 Å². The van der Waals surface area contributed by atoms with E-state index in [-0.39, 0.29) is 23.1 Å². The summed E-state index contributed by atoms with van der Waals surface area (Å²) in [7, 11) is 1.54. The number of hydrogen-bond donors (Lipinski definition) is 5. The van der Waals surface area contributed by atoms with E-state index < -0.39 is 11.5 Å². The molecule has 1 aliphatic heterocycles. The van der Waals surface area contributed by atoms with E-state index in [1.165, 1.54) is 11.6 Å². The Kier molecular flexibility index (Phi) is 12.1. The monoisotopic (exact) mass is 653 g/mol. The molecule has 14 heteroatoms. The van der Waals surface area contributed by atoms with Crippen molar-refractivity contribution in [1.29, 1.82) is 0 Å². The van der Waals surface area contributed by atoms with Gasteiger partial charge in [0.15, 0.2) is 11.8 Å². The van der Waals surface area contributed by atoms with Gasteiger partial charge in [0, 0.05) is 56.5 Å². The lowest BCUT2D eigenvalue weighted by Crippen LogP contribution is -2.29. The van der Waals surface area contributed by atoms with Crippen molar-refractivity contribution in [3.8, 4) is 16.9 Å². The number of halogens is 2. The second kappa shape index (κ2) is 16.2. The summed E-state index contributed by atoms with van der Waals surface area (Å²) in [5.41, 5.74) is 18.8. The van der Waals surface area contributed by atoms with E-state index in [2.05, 4.69) is 20.3 Å². The number of fused-ring (bicyclic) bond motifs is 1. The van der Waals surface area contributed by atoms with Gasteiger partial charge in [-0.3, -0.25) is 9.56 Å². The standard InChI is InChI=1S/C30H34ClFN6O3.C2H7N3/c1-19(33)4-2-5-21-14-24(27(32)25(31)15-21)26-16-22-17-38(30(40)36-28(22)35-26)23-8-6-20(7-9-23)18-41-13-3-11-37-12-10-34-29(37)39;1-5-2(3)4/h6-9,14-17,19H,2-5,10-13,18,33H2,1H3,(H,34,39)(H,35,36,40);1H3,(H4,3,4,5). The van der Waals surface area contributed by atoms with Crippen molar-refractivity contribution in [2.24, 2.45) is 22.2 Å². The van der Waals surface area contributed by atoms with Crippen LogP contribution in [0, 0.1) is 5.82 Å². The number of amides is 2. The van der Waals surface area contributed by atoms with Gasteiger partial charge in [0.1, 0.15) is 5.65 Å². The van der Waals surface area contributed by atoms with E-state index in [4.69, 9.17) is 33.5 Å². The summed E-state index contributed by atoms with van der Waals surface area (Å²) in [6.45, 7) is 5.03. The fourth-order valence-corrected chi connectivity index (χ4v) is 5.20. The summed E-state index contributed by atoms with van der Waals surface area (Å²) in [4.78, 5) is 36.9. The summed E-state index contributed by atoms with van der Waals surface area (Å²) >= 11 is 6.22. The lowest BCUT2D eigenvalue weighted by atomic mass is 10.0. The van der Waals surface area contributed by atoms with Crippen LogP contribution in [0.3, 0.4) is 0 Å². The highest BCUT2D eigenvalue weighted by molar-refractivity contribution is 6.31. The molecule has 0 spiro atoms. The first-order valence-electron chi connectivity index (χ1n) is 15.1. The van der Waals surface area contributed by atoms with Gasteiger partial charge in [0.2, 0.25) is 0 Å². The average Bonchev–Trinajstić information content (AvgIpc) is 3.63. The van der Waals surface area contributed by atoms with Gasteiger partial charge in [0.25, 0.3) is 0 Å². The van der Waals surface area contributed by atoms with Crippen LogP contribution in [0.2, 0.25) is 5.02 Å². The van der Waals surface area contributed by atoms with E-state index in [0.29, 0.717) is 54.3 Å². The highest BCUT2D eigenvalue weighted by Gasteiger charge is 2.18. The Morgan fingerprint density at radius 2 is 1.89 bits per heavy atom. The Bertz CT molecular complexity index is 1720. The molecule has 2 amide bonds. The van der Waals surface area contributed by atoms with Gasteiger partial charge < -0.3 is 37.1 Å². The van der Waals surface area contributed by atoms with Crippen molar-refractivity contribution in [1.82, 2.24) is 24.8 Å². The number of ether oxygens (including phenoxy) is 1. The van der Waals surface area contributed by atoms with E-state index >= 15 is 4.39 Å². The number of carbonyl (C=O) groups excluding carboxylic acids is 1. The van der Waals surface area contributed by atoms with Crippen LogP contribution in [-0.4, -0.2) is 70.8 Å². The largest absolute Gasteiger partial charge is 0.377 e. The quantitative estimate of drug-likeness (QED) is 0.0878. The fourth-order valence-electron chi connectivity index (χ4n) is 4.96. The molecular weight excluding hydrogens is 613 g/mol. The van der Waals surface area contributed by atoms with Gasteiger partial charge in [-0.15, -0.1) is 0 Å². The molecule has 0 saturated carbocycles. The molecule has 1 unspecified atom stereocenters. The number of guanidine groups is 1. The maximum atomic E-state index is 15.0. The van der Waals surface area contributed by atoms with E-state index in [1.54, 1.807) is 29.3 Å². The van der Waals surface area contributed by atoms with Gasteiger partial charge in [-0.05, 0) is 74.1 Å². The van der Waals surface area contributed by atoms with Gasteiger partial charge in [0.05, 0.1) is 23.0 Å². The van der Waals surface area contributed by atoms with Gasteiger partial charge >= 0.3 is 11.7 Å². The molecular formula is C32H41ClFN9O3. The second-order valence-corrected chi connectivity index (χ2v) is 11.5. The molecule has 5 rings (SSSR count). The number of hydrogen-bond acceptors (Lipinski definition) is 6. The fraction of sp³-hybridized carbons (Fsp3) is 0.375. The molecule has 2 aromatic carbocycles. The summed E-state index contributed by atoms with van der Waals surface area (Å²) in [5, 5.41) is 3.50. The van der Waals surface area contributed by atoms with E-state index in [9.17, 15) is 9.59 Å². The second-order valence-electron chi connectivity index (χ2n) is 11.1. The number of H-pyrrole nitrogens is 1. The molecule has 8 N–H and O–H groups in total. The van der Waals surface area contributed by atoms with Crippen LogP contribution in [0.1, 0.15) is 37.3 Å². The number of carbonyl (C=O) groups is 1. The van der Waals surface area contributed by atoms with E-state index in [0.717, 1.165) is 43.4 Å². The Balaban J connectivity index is 0.000000892. The topological polar surface area (TPSA) is 183 Å². The third-order valence-electron chi connectivity index (χ3n) is 7.41. The molecule has 2 aromatic heterocycles. The number of nitrogens with zero attached hydrogens (tertiary/aromatic N) is 4. The number of rotatable bonds is 12. The summed E-state index contributed by atoms with van der Waals surface area (Å²) in [6.07, 6.45) is 4.92. The molecule has 1 aliphatic rings.